The normalized spacial score (nSPS) is 50.9. The third-order valence-electron chi connectivity index (χ3n) is 5.60. The first-order valence-corrected chi connectivity index (χ1v) is 7.22. The molecule has 1 spiro atoms. The van der Waals surface area contributed by atoms with Gasteiger partial charge >= 0.3 is 5.97 Å². The number of hydrogen-bond acceptors (Lipinski definition) is 4. The van der Waals surface area contributed by atoms with Crippen molar-refractivity contribution in [1.82, 2.24) is 0 Å². The highest BCUT2D eigenvalue weighted by molar-refractivity contribution is 5.66. The van der Waals surface area contributed by atoms with Gasteiger partial charge in [-0.3, -0.25) is 4.79 Å². The van der Waals surface area contributed by atoms with Crippen molar-refractivity contribution < 1.29 is 19.0 Å². The van der Waals surface area contributed by atoms with Crippen molar-refractivity contribution in [3.63, 3.8) is 0 Å². The minimum Gasteiger partial charge on any atom is -0.459 e. The number of ether oxygens (including phenoxy) is 3. The van der Waals surface area contributed by atoms with Crippen LogP contribution in [0.1, 0.15) is 60.3 Å². The van der Waals surface area contributed by atoms with E-state index in [-0.39, 0.29) is 23.1 Å². The van der Waals surface area contributed by atoms with Crippen LogP contribution < -0.4 is 0 Å². The lowest BCUT2D eigenvalue weighted by Crippen LogP contribution is -2.68. The molecule has 0 aromatic heterocycles. The van der Waals surface area contributed by atoms with Gasteiger partial charge in [0.15, 0.2) is 5.79 Å². The summed E-state index contributed by atoms with van der Waals surface area (Å²) >= 11 is 0. The van der Waals surface area contributed by atoms with Gasteiger partial charge in [-0.15, -0.1) is 0 Å². The first-order chi connectivity index (χ1) is 8.64. The fourth-order valence-electron chi connectivity index (χ4n) is 4.64. The Morgan fingerprint density at radius 1 is 1.11 bits per heavy atom. The average molecular weight is 268 g/mol. The molecule has 2 aliphatic heterocycles. The molecule has 4 heteroatoms. The summed E-state index contributed by atoms with van der Waals surface area (Å²) in [4.78, 5) is 11.4. The summed E-state index contributed by atoms with van der Waals surface area (Å²) < 4.78 is 18.2. The van der Waals surface area contributed by atoms with Crippen molar-refractivity contribution in [2.75, 3.05) is 0 Å². The molecule has 3 fully saturated rings. The lowest BCUT2D eigenvalue weighted by atomic mass is 9.56. The van der Waals surface area contributed by atoms with Gasteiger partial charge in [-0.25, -0.2) is 0 Å². The van der Waals surface area contributed by atoms with Crippen molar-refractivity contribution in [2.24, 2.45) is 5.41 Å². The predicted octanol–water partition coefficient (Wildman–Crippen LogP) is 2.79. The van der Waals surface area contributed by atoms with Gasteiger partial charge < -0.3 is 14.2 Å². The number of rotatable bonds is 1. The van der Waals surface area contributed by atoms with Gasteiger partial charge in [0.1, 0.15) is 17.3 Å². The highest BCUT2D eigenvalue weighted by Crippen LogP contribution is 2.66. The molecule has 2 bridgehead atoms. The quantitative estimate of drug-likeness (QED) is 0.686. The van der Waals surface area contributed by atoms with Gasteiger partial charge in [-0.1, -0.05) is 13.8 Å². The monoisotopic (exact) mass is 268 g/mol. The van der Waals surface area contributed by atoms with E-state index in [2.05, 4.69) is 20.8 Å². The van der Waals surface area contributed by atoms with Crippen LogP contribution in [0, 0.1) is 5.41 Å². The molecule has 3 aliphatic rings. The van der Waals surface area contributed by atoms with Gasteiger partial charge in [0, 0.05) is 13.3 Å². The minimum atomic E-state index is -0.534. The van der Waals surface area contributed by atoms with Gasteiger partial charge in [0.25, 0.3) is 0 Å². The van der Waals surface area contributed by atoms with Crippen LogP contribution in [-0.2, 0) is 19.0 Å². The lowest BCUT2D eigenvalue weighted by Gasteiger charge is -2.56. The van der Waals surface area contributed by atoms with Crippen LogP contribution in [-0.4, -0.2) is 29.1 Å². The summed E-state index contributed by atoms with van der Waals surface area (Å²) in [6, 6.07) is 0. The maximum Gasteiger partial charge on any atom is 0.303 e. The molecule has 4 nitrogen and oxygen atoms in total. The Hall–Kier alpha value is -0.610. The average Bonchev–Trinajstić information content (AvgIpc) is 2.72. The number of hydrogen-bond donors (Lipinski definition) is 0. The van der Waals surface area contributed by atoms with Crippen LogP contribution in [0.4, 0.5) is 0 Å². The number of carbonyl (C=O) groups is 1. The molecule has 1 aliphatic carbocycles. The molecule has 2 heterocycles. The third kappa shape index (κ3) is 1.50. The Morgan fingerprint density at radius 3 is 2.37 bits per heavy atom. The molecule has 3 rings (SSSR count). The molecule has 2 saturated heterocycles. The van der Waals surface area contributed by atoms with Crippen LogP contribution >= 0.6 is 0 Å². The van der Waals surface area contributed by atoms with Gasteiger partial charge in [-0.2, -0.15) is 0 Å². The summed E-state index contributed by atoms with van der Waals surface area (Å²) in [7, 11) is 0. The summed E-state index contributed by atoms with van der Waals surface area (Å²) in [6.07, 6.45) is 3.51. The van der Waals surface area contributed by atoms with E-state index in [9.17, 15) is 4.79 Å². The maximum absolute atomic E-state index is 11.4. The first-order valence-electron chi connectivity index (χ1n) is 7.22. The van der Waals surface area contributed by atoms with Gasteiger partial charge in [0.2, 0.25) is 0 Å². The topological polar surface area (TPSA) is 44.8 Å². The van der Waals surface area contributed by atoms with Gasteiger partial charge in [0.05, 0.1) is 0 Å². The van der Waals surface area contributed by atoms with Crippen molar-refractivity contribution in [2.45, 2.75) is 83.4 Å². The van der Waals surface area contributed by atoms with E-state index >= 15 is 0 Å². The van der Waals surface area contributed by atoms with E-state index < -0.39 is 11.4 Å². The largest absolute Gasteiger partial charge is 0.459 e. The molecule has 1 saturated carbocycles. The van der Waals surface area contributed by atoms with E-state index in [4.69, 9.17) is 14.2 Å². The predicted molar refractivity (Wildman–Crippen MR) is 69.5 cm³/mol. The first kappa shape index (κ1) is 13.4. The fourth-order valence-corrected chi connectivity index (χ4v) is 4.64. The second-order valence-corrected chi connectivity index (χ2v) is 7.29. The lowest BCUT2D eigenvalue weighted by molar-refractivity contribution is -0.225. The highest BCUT2D eigenvalue weighted by Gasteiger charge is 2.76. The Balaban J connectivity index is 2.04. The van der Waals surface area contributed by atoms with E-state index in [1.165, 1.54) is 6.92 Å². The van der Waals surface area contributed by atoms with Crippen LogP contribution in [0.2, 0.25) is 0 Å². The molecule has 0 aromatic carbocycles. The zero-order chi connectivity index (χ0) is 14.1. The van der Waals surface area contributed by atoms with Gasteiger partial charge in [-0.05, 0) is 38.5 Å². The minimum absolute atomic E-state index is 0.0344. The van der Waals surface area contributed by atoms with E-state index in [0.717, 1.165) is 25.7 Å². The molecule has 0 unspecified atom stereocenters. The SMILES string of the molecule is CC(=O)O[C@H]1CCC(C)(C)[C@]23CC[C@](C)(O[C@@]12C)O3. The fraction of sp³-hybridized carbons (Fsp3) is 0.933. The Kier molecular flexibility index (Phi) is 2.48. The van der Waals surface area contributed by atoms with Crippen molar-refractivity contribution >= 4 is 5.97 Å². The van der Waals surface area contributed by atoms with E-state index in [0.29, 0.717) is 0 Å². The smallest absolute Gasteiger partial charge is 0.303 e. The zero-order valence-electron chi connectivity index (χ0n) is 12.5. The van der Waals surface area contributed by atoms with Crippen LogP contribution in [0.5, 0.6) is 0 Å². The van der Waals surface area contributed by atoms with Crippen molar-refractivity contribution in [3.8, 4) is 0 Å². The molecule has 0 amide bonds. The molecular weight excluding hydrogens is 244 g/mol. The number of fused-ring (bicyclic) bond motifs is 1. The molecule has 19 heavy (non-hydrogen) atoms. The van der Waals surface area contributed by atoms with Crippen molar-refractivity contribution in [1.29, 1.82) is 0 Å². The summed E-state index contributed by atoms with van der Waals surface area (Å²) in [5.41, 5.74) is -0.840. The van der Waals surface area contributed by atoms with Crippen LogP contribution in [0.3, 0.4) is 0 Å². The summed E-state index contributed by atoms with van der Waals surface area (Å²) in [6.45, 7) is 10.0. The van der Waals surface area contributed by atoms with E-state index in [1.807, 2.05) is 6.92 Å². The highest BCUT2D eigenvalue weighted by atomic mass is 16.8. The third-order valence-corrected chi connectivity index (χ3v) is 5.60. The second-order valence-electron chi connectivity index (χ2n) is 7.29. The second kappa shape index (κ2) is 3.53. The van der Waals surface area contributed by atoms with E-state index in [1.54, 1.807) is 0 Å². The number of carbonyl (C=O) groups excluding carboxylic acids is 1. The molecule has 0 N–H and O–H groups in total. The Morgan fingerprint density at radius 2 is 1.79 bits per heavy atom. The van der Waals surface area contributed by atoms with Crippen molar-refractivity contribution in [3.05, 3.63) is 0 Å². The van der Waals surface area contributed by atoms with Crippen LogP contribution in [0.15, 0.2) is 0 Å². The summed E-state index contributed by atoms with van der Waals surface area (Å²) in [5.74, 6) is -0.757. The molecule has 108 valence electrons. The Bertz CT molecular complexity index is 432. The Labute approximate surface area is 114 Å². The van der Waals surface area contributed by atoms with Crippen LogP contribution in [0.25, 0.3) is 0 Å². The number of esters is 1. The molecule has 0 radical (unpaired) electrons. The molecule has 0 aromatic rings. The zero-order valence-corrected chi connectivity index (χ0v) is 12.5. The maximum atomic E-state index is 11.4. The molecule has 4 atom stereocenters. The summed E-state index contributed by atoms with van der Waals surface area (Å²) in [5, 5.41) is 0. The standard InChI is InChI=1S/C15H24O4/c1-10(16)17-11-6-7-12(2,3)15-9-8-13(4,19-15)18-14(11,15)5/h11H,6-9H2,1-5H3/t11-,13+,14-,15+/m0/s1. The molecular formula is C15H24O4.